The normalized spacial score (nSPS) is 13.0. The number of halogens is 2. The molecule has 0 radical (unpaired) electrons. The summed E-state index contributed by atoms with van der Waals surface area (Å²) in [6.45, 7) is 0.808. The van der Waals surface area contributed by atoms with E-state index < -0.39 is 5.82 Å². The van der Waals surface area contributed by atoms with Gasteiger partial charge in [0.25, 0.3) is 0 Å². The summed E-state index contributed by atoms with van der Waals surface area (Å²) in [5.41, 5.74) is 9.70. The number of anilines is 5. The van der Waals surface area contributed by atoms with Crippen LogP contribution in [0.3, 0.4) is 0 Å². The van der Waals surface area contributed by atoms with Crippen LogP contribution in [0.2, 0.25) is 5.02 Å². The zero-order valence-electron chi connectivity index (χ0n) is 13.2. The van der Waals surface area contributed by atoms with Crippen molar-refractivity contribution < 1.29 is 4.39 Å². The second-order valence-electron chi connectivity index (χ2n) is 5.74. The molecule has 1 aliphatic heterocycles. The standard InChI is InChI=1S/C18H15ClFN5/c19-13-9-12(5-6-14(13)20)24-17-16(21)18(23-10-22-17)25-8-7-11-3-1-2-4-15(11)25/h1-6,9-10H,7-8,21H2,(H,22,23,24). The van der Waals surface area contributed by atoms with Crippen LogP contribution in [0.4, 0.5) is 33.1 Å². The van der Waals surface area contributed by atoms with Crippen molar-refractivity contribution in [2.24, 2.45) is 0 Å². The van der Waals surface area contributed by atoms with Crippen molar-refractivity contribution in [3.8, 4) is 0 Å². The Bertz CT molecular complexity index is 946. The number of nitrogens with one attached hydrogen (secondary N) is 1. The van der Waals surface area contributed by atoms with Crippen molar-refractivity contribution in [3.63, 3.8) is 0 Å². The quantitative estimate of drug-likeness (QED) is 0.733. The molecule has 3 aromatic rings. The van der Waals surface area contributed by atoms with Crippen LogP contribution in [0, 0.1) is 5.82 Å². The van der Waals surface area contributed by atoms with E-state index in [2.05, 4.69) is 32.3 Å². The van der Waals surface area contributed by atoms with Gasteiger partial charge in [-0.2, -0.15) is 0 Å². The van der Waals surface area contributed by atoms with E-state index in [1.54, 1.807) is 6.07 Å². The topological polar surface area (TPSA) is 67.1 Å². The van der Waals surface area contributed by atoms with E-state index in [0.717, 1.165) is 18.7 Å². The molecular weight excluding hydrogens is 341 g/mol. The summed E-state index contributed by atoms with van der Waals surface area (Å²) in [6.07, 6.45) is 2.40. The fourth-order valence-corrected chi connectivity index (χ4v) is 3.15. The number of aromatic nitrogens is 2. The van der Waals surface area contributed by atoms with Gasteiger partial charge in [-0.05, 0) is 36.2 Å². The average Bonchev–Trinajstić information content (AvgIpc) is 3.04. The molecule has 25 heavy (non-hydrogen) atoms. The van der Waals surface area contributed by atoms with Gasteiger partial charge in [0.15, 0.2) is 11.6 Å². The number of benzene rings is 2. The Hall–Kier alpha value is -2.86. The van der Waals surface area contributed by atoms with E-state index in [-0.39, 0.29) is 5.02 Å². The Morgan fingerprint density at radius 1 is 1.16 bits per heavy atom. The van der Waals surface area contributed by atoms with E-state index in [1.807, 2.05) is 12.1 Å². The fourth-order valence-electron chi connectivity index (χ4n) is 2.97. The van der Waals surface area contributed by atoms with Gasteiger partial charge in [-0.1, -0.05) is 29.8 Å². The Morgan fingerprint density at radius 3 is 2.84 bits per heavy atom. The first-order valence-electron chi connectivity index (χ1n) is 7.81. The second-order valence-corrected chi connectivity index (χ2v) is 6.15. The summed E-state index contributed by atoms with van der Waals surface area (Å²) in [5, 5.41) is 3.11. The van der Waals surface area contributed by atoms with Gasteiger partial charge >= 0.3 is 0 Å². The van der Waals surface area contributed by atoms with Gasteiger partial charge in [0.05, 0.1) is 5.02 Å². The average molecular weight is 356 g/mol. The molecule has 0 unspecified atom stereocenters. The second kappa shape index (κ2) is 6.22. The number of hydrogen-bond donors (Lipinski definition) is 2. The smallest absolute Gasteiger partial charge is 0.161 e. The lowest BCUT2D eigenvalue weighted by molar-refractivity contribution is 0.628. The summed E-state index contributed by atoms with van der Waals surface area (Å²) < 4.78 is 13.3. The zero-order valence-corrected chi connectivity index (χ0v) is 14.0. The Labute approximate surface area is 149 Å². The minimum Gasteiger partial charge on any atom is -0.393 e. The van der Waals surface area contributed by atoms with Crippen molar-refractivity contribution in [2.75, 3.05) is 22.5 Å². The molecule has 126 valence electrons. The summed E-state index contributed by atoms with van der Waals surface area (Å²) >= 11 is 5.82. The van der Waals surface area contributed by atoms with Gasteiger partial charge in [0.2, 0.25) is 0 Å². The number of nitrogen functional groups attached to an aromatic ring is 1. The number of hydrogen-bond acceptors (Lipinski definition) is 5. The van der Waals surface area contributed by atoms with Crippen LogP contribution in [0.15, 0.2) is 48.8 Å². The molecule has 2 aromatic carbocycles. The molecule has 3 N–H and O–H groups in total. The lowest BCUT2D eigenvalue weighted by Crippen LogP contribution is -2.17. The monoisotopic (exact) mass is 355 g/mol. The highest BCUT2D eigenvalue weighted by atomic mass is 35.5. The van der Waals surface area contributed by atoms with E-state index in [9.17, 15) is 4.39 Å². The van der Waals surface area contributed by atoms with Gasteiger partial charge in [-0.15, -0.1) is 0 Å². The molecule has 1 aromatic heterocycles. The Kier molecular flexibility index (Phi) is 3.89. The Balaban J connectivity index is 1.68. The van der Waals surface area contributed by atoms with E-state index in [0.29, 0.717) is 23.0 Å². The third-order valence-electron chi connectivity index (χ3n) is 4.19. The van der Waals surface area contributed by atoms with Crippen molar-refractivity contribution >= 4 is 40.3 Å². The summed E-state index contributed by atoms with van der Waals surface area (Å²) in [4.78, 5) is 10.6. The van der Waals surface area contributed by atoms with E-state index in [1.165, 1.54) is 24.0 Å². The molecule has 2 heterocycles. The molecule has 0 amide bonds. The lowest BCUT2D eigenvalue weighted by atomic mass is 10.2. The summed E-state index contributed by atoms with van der Waals surface area (Å²) in [5.74, 6) is 0.630. The van der Waals surface area contributed by atoms with Gasteiger partial charge in [0, 0.05) is 17.9 Å². The lowest BCUT2D eigenvalue weighted by Gasteiger charge is -2.21. The van der Waals surface area contributed by atoms with Crippen molar-refractivity contribution in [1.29, 1.82) is 0 Å². The van der Waals surface area contributed by atoms with E-state index >= 15 is 0 Å². The number of rotatable bonds is 3. The van der Waals surface area contributed by atoms with Crippen molar-refractivity contribution in [3.05, 3.63) is 65.2 Å². The third-order valence-corrected chi connectivity index (χ3v) is 4.48. The number of fused-ring (bicyclic) bond motifs is 1. The highest BCUT2D eigenvalue weighted by molar-refractivity contribution is 6.31. The van der Waals surface area contributed by atoms with Crippen LogP contribution in [-0.2, 0) is 6.42 Å². The predicted octanol–water partition coefficient (Wildman–Crippen LogP) is 4.29. The maximum Gasteiger partial charge on any atom is 0.161 e. The molecule has 0 fully saturated rings. The number of nitrogens with two attached hydrogens (primary N) is 1. The van der Waals surface area contributed by atoms with Crippen LogP contribution >= 0.6 is 11.6 Å². The molecule has 7 heteroatoms. The van der Waals surface area contributed by atoms with Crippen LogP contribution < -0.4 is 16.0 Å². The molecule has 0 spiro atoms. The first-order chi connectivity index (χ1) is 12.1. The van der Waals surface area contributed by atoms with Gasteiger partial charge in [0.1, 0.15) is 17.8 Å². The van der Waals surface area contributed by atoms with Crippen molar-refractivity contribution in [1.82, 2.24) is 9.97 Å². The molecule has 4 rings (SSSR count). The largest absolute Gasteiger partial charge is 0.393 e. The van der Waals surface area contributed by atoms with Crippen LogP contribution in [0.5, 0.6) is 0 Å². The molecule has 1 aliphatic rings. The maximum absolute atomic E-state index is 13.3. The number of para-hydroxylation sites is 1. The minimum atomic E-state index is -0.475. The molecule has 0 aliphatic carbocycles. The van der Waals surface area contributed by atoms with Crippen LogP contribution in [0.25, 0.3) is 0 Å². The molecule has 0 saturated carbocycles. The zero-order chi connectivity index (χ0) is 17.4. The first kappa shape index (κ1) is 15.7. The van der Waals surface area contributed by atoms with Crippen LogP contribution in [-0.4, -0.2) is 16.5 Å². The first-order valence-corrected chi connectivity index (χ1v) is 8.19. The molecule has 0 saturated heterocycles. The molecule has 5 nitrogen and oxygen atoms in total. The Morgan fingerprint density at radius 2 is 2.00 bits per heavy atom. The summed E-state index contributed by atoms with van der Waals surface area (Å²) in [7, 11) is 0. The van der Waals surface area contributed by atoms with Gasteiger partial charge in [-0.3, -0.25) is 0 Å². The molecular formula is C18H15ClFN5. The minimum absolute atomic E-state index is 0.0336. The van der Waals surface area contributed by atoms with Crippen LogP contribution in [0.1, 0.15) is 5.56 Å². The molecule has 0 atom stereocenters. The molecule has 0 bridgehead atoms. The highest BCUT2D eigenvalue weighted by Crippen LogP contribution is 2.38. The highest BCUT2D eigenvalue weighted by Gasteiger charge is 2.24. The van der Waals surface area contributed by atoms with E-state index in [4.69, 9.17) is 17.3 Å². The SMILES string of the molecule is Nc1c(Nc2ccc(F)c(Cl)c2)ncnc1N1CCc2ccccc21. The van der Waals surface area contributed by atoms with Gasteiger partial charge < -0.3 is 16.0 Å². The number of nitrogens with zero attached hydrogens (tertiary/aromatic N) is 3. The fraction of sp³-hybridized carbons (Fsp3) is 0.111. The third kappa shape index (κ3) is 2.85. The summed E-state index contributed by atoms with van der Waals surface area (Å²) in [6, 6.07) is 12.5. The van der Waals surface area contributed by atoms with Gasteiger partial charge in [-0.25, -0.2) is 14.4 Å². The van der Waals surface area contributed by atoms with Crippen molar-refractivity contribution in [2.45, 2.75) is 6.42 Å². The predicted molar refractivity (Wildman–Crippen MR) is 98.3 cm³/mol. The maximum atomic E-state index is 13.3.